The standard InChI is InChI=1S/C21H38O4/c1-18(2)12-6-3-4-11-17-24-20(22)15-9-10-16-21(23)25-19-13-7-5-8-14-19/h18-19H,3-17H2,1-2H3. The van der Waals surface area contributed by atoms with Gasteiger partial charge in [-0.25, -0.2) is 0 Å². The highest BCUT2D eigenvalue weighted by atomic mass is 16.5. The number of carbonyl (C=O) groups excluding carboxylic acids is 2. The molecule has 1 aliphatic carbocycles. The van der Waals surface area contributed by atoms with Gasteiger partial charge in [0.05, 0.1) is 6.61 Å². The predicted octanol–water partition coefficient (Wildman–Crippen LogP) is 5.57. The first-order valence-corrected chi connectivity index (χ1v) is 10.4. The normalized spacial score (nSPS) is 15.3. The van der Waals surface area contributed by atoms with Gasteiger partial charge in [-0.15, -0.1) is 0 Å². The van der Waals surface area contributed by atoms with Crippen LogP contribution in [0.4, 0.5) is 0 Å². The molecule has 146 valence electrons. The smallest absolute Gasteiger partial charge is 0.306 e. The predicted molar refractivity (Wildman–Crippen MR) is 100 cm³/mol. The molecule has 0 bridgehead atoms. The Bertz CT molecular complexity index is 359. The maximum Gasteiger partial charge on any atom is 0.306 e. The van der Waals surface area contributed by atoms with Crippen LogP contribution in [0.5, 0.6) is 0 Å². The molecule has 4 nitrogen and oxygen atoms in total. The molecule has 1 fully saturated rings. The Hall–Kier alpha value is -1.06. The molecule has 1 rings (SSSR count). The summed E-state index contributed by atoms with van der Waals surface area (Å²) in [5.74, 6) is 0.530. The topological polar surface area (TPSA) is 52.6 Å². The van der Waals surface area contributed by atoms with Gasteiger partial charge in [-0.05, 0) is 50.9 Å². The summed E-state index contributed by atoms with van der Waals surface area (Å²) in [5, 5.41) is 0. The lowest BCUT2D eigenvalue weighted by Crippen LogP contribution is -2.20. The molecule has 0 radical (unpaired) electrons. The molecule has 4 heteroatoms. The second kappa shape index (κ2) is 14.1. The second-order valence-electron chi connectivity index (χ2n) is 7.77. The number of ether oxygens (including phenoxy) is 2. The first-order chi connectivity index (χ1) is 12.1. The zero-order chi connectivity index (χ0) is 18.3. The van der Waals surface area contributed by atoms with Crippen LogP contribution in [0, 0.1) is 5.92 Å². The molecule has 0 atom stereocenters. The van der Waals surface area contributed by atoms with Crippen molar-refractivity contribution in [2.24, 2.45) is 5.92 Å². The molecule has 1 aliphatic rings. The van der Waals surface area contributed by atoms with E-state index in [1.54, 1.807) is 0 Å². The SMILES string of the molecule is CC(C)CCCCCCOC(=O)CCCCC(=O)OC1CCCCC1. The molecule has 0 aromatic carbocycles. The average Bonchev–Trinajstić information content (AvgIpc) is 2.58. The molecule has 0 aromatic rings. The summed E-state index contributed by atoms with van der Waals surface area (Å²) in [6, 6.07) is 0. The molecule has 0 aliphatic heterocycles. The van der Waals surface area contributed by atoms with Crippen LogP contribution in [0.2, 0.25) is 0 Å². The first-order valence-electron chi connectivity index (χ1n) is 10.4. The summed E-state index contributed by atoms with van der Waals surface area (Å²) in [7, 11) is 0. The van der Waals surface area contributed by atoms with Crippen molar-refractivity contribution >= 4 is 11.9 Å². The van der Waals surface area contributed by atoms with Crippen molar-refractivity contribution in [3.63, 3.8) is 0 Å². The van der Waals surface area contributed by atoms with Crippen molar-refractivity contribution < 1.29 is 19.1 Å². The molecule has 0 heterocycles. The molecule has 1 saturated carbocycles. The third-order valence-electron chi connectivity index (χ3n) is 4.80. The second-order valence-corrected chi connectivity index (χ2v) is 7.77. The Balaban J connectivity index is 1.88. The van der Waals surface area contributed by atoms with Crippen LogP contribution in [-0.4, -0.2) is 24.6 Å². The molecule has 0 saturated heterocycles. The zero-order valence-electron chi connectivity index (χ0n) is 16.4. The van der Waals surface area contributed by atoms with Crippen LogP contribution in [-0.2, 0) is 19.1 Å². The van der Waals surface area contributed by atoms with E-state index in [9.17, 15) is 9.59 Å². The molecule has 25 heavy (non-hydrogen) atoms. The minimum atomic E-state index is -0.136. The minimum absolute atomic E-state index is 0.110. The van der Waals surface area contributed by atoms with Gasteiger partial charge in [0.25, 0.3) is 0 Å². The van der Waals surface area contributed by atoms with E-state index in [1.807, 2.05) is 0 Å². The maximum absolute atomic E-state index is 11.8. The highest BCUT2D eigenvalue weighted by molar-refractivity contribution is 5.70. The summed E-state index contributed by atoms with van der Waals surface area (Å²) in [6.07, 6.45) is 13.8. The van der Waals surface area contributed by atoms with E-state index in [0.29, 0.717) is 32.3 Å². The van der Waals surface area contributed by atoms with Gasteiger partial charge in [0, 0.05) is 12.8 Å². The third-order valence-corrected chi connectivity index (χ3v) is 4.80. The van der Waals surface area contributed by atoms with Gasteiger partial charge in [0.1, 0.15) is 6.10 Å². The van der Waals surface area contributed by atoms with E-state index in [-0.39, 0.29) is 18.0 Å². The number of esters is 2. The largest absolute Gasteiger partial charge is 0.466 e. The van der Waals surface area contributed by atoms with Crippen molar-refractivity contribution in [1.29, 1.82) is 0 Å². The van der Waals surface area contributed by atoms with Crippen molar-refractivity contribution in [3.05, 3.63) is 0 Å². The van der Waals surface area contributed by atoms with Gasteiger partial charge in [-0.3, -0.25) is 9.59 Å². The monoisotopic (exact) mass is 354 g/mol. The van der Waals surface area contributed by atoms with Crippen LogP contribution in [0.25, 0.3) is 0 Å². The fraction of sp³-hybridized carbons (Fsp3) is 0.905. The highest BCUT2D eigenvalue weighted by Crippen LogP contribution is 2.21. The number of hydrogen-bond donors (Lipinski definition) is 0. The Morgan fingerprint density at radius 3 is 2.16 bits per heavy atom. The number of hydrogen-bond acceptors (Lipinski definition) is 4. The summed E-state index contributed by atoms with van der Waals surface area (Å²) in [5.41, 5.74) is 0. The first kappa shape index (κ1) is 22.0. The van der Waals surface area contributed by atoms with Crippen LogP contribution in [0.3, 0.4) is 0 Å². The molecular formula is C21H38O4. The summed E-state index contributed by atoms with van der Waals surface area (Å²) >= 11 is 0. The fourth-order valence-corrected chi connectivity index (χ4v) is 3.23. The summed E-state index contributed by atoms with van der Waals surface area (Å²) in [6.45, 7) is 5.03. The van der Waals surface area contributed by atoms with Crippen molar-refractivity contribution in [2.75, 3.05) is 6.61 Å². The quantitative estimate of drug-likeness (QED) is 0.320. The van der Waals surface area contributed by atoms with E-state index >= 15 is 0 Å². The average molecular weight is 355 g/mol. The van der Waals surface area contributed by atoms with Gasteiger partial charge in [0.2, 0.25) is 0 Å². The van der Waals surface area contributed by atoms with Gasteiger partial charge >= 0.3 is 11.9 Å². The van der Waals surface area contributed by atoms with Gasteiger partial charge in [0.15, 0.2) is 0 Å². The van der Waals surface area contributed by atoms with E-state index < -0.39 is 0 Å². The van der Waals surface area contributed by atoms with Crippen molar-refractivity contribution in [2.45, 2.75) is 110 Å². The van der Waals surface area contributed by atoms with Crippen LogP contribution in [0.1, 0.15) is 104 Å². The van der Waals surface area contributed by atoms with E-state index in [4.69, 9.17) is 9.47 Å². The zero-order valence-corrected chi connectivity index (χ0v) is 16.4. The minimum Gasteiger partial charge on any atom is -0.466 e. The summed E-state index contributed by atoms with van der Waals surface area (Å²) in [4.78, 5) is 23.4. The molecule has 0 N–H and O–H groups in total. The number of unbranched alkanes of at least 4 members (excludes halogenated alkanes) is 4. The lowest BCUT2D eigenvalue weighted by molar-refractivity contribution is -0.151. The molecule has 0 spiro atoms. The van der Waals surface area contributed by atoms with Gasteiger partial charge in [-0.1, -0.05) is 46.0 Å². The Kier molecular flexibility index (Phi) is 12.4. The highest BCUT2D eigenvalue weighted by Gasteiger charge is 2.17. The van der Waals surface area contributed by atoms with Crippen molar-refractivity contribution in [3.8, 4) is 0 Å². The molecule has 0 unspecified atom stereocenters. The van der Waals surface area contributed by atoms with E-state index in [2.05, 4.69) is 13.8 Å². The van der Waals surface area contributed by atoms with Crippen LogP contribution in [0.15, 0.2) is 0 Å². The van der Waals surface area contributed by atoms with E-state index in [1.165, 1.54) is 38.5 Å². The van der Waals surface area contributed by atoms with Gasteiger partial charge < -0.3 is 9.47 Å². The molecular weight excluding hydrogens is 316 g/mol. The lowest BCUT2D eigenvalue weighted by Gasteiger charge is -2.21. The lowest BCUT2D eigenvalue weighted by atomic mass is 9.98. The fourth-order valence-electron chi connectivity index (χ4n) is 3.23. The van der Waals surface area contributed by atoms with Gasteiger partial charge in [-0.2, -0.15) is 0 Å². The Morgan fingerprint density at radius 2 is 1.48 bits per heavy atom. The Labute approximate surface area is 154 Å². The van der Waals surface area contributed by atoms with E-state index in [0.717, 1.165) is 31.6 Å². The number of rotatable bonds is 13. The number of carbonyl (C=O) groups is 2. The van der Waals surface area contributed by atoms with Crippen molar-refractivity contribution in [1.82, 2.24) is 0 Å². The van der Waals surface area contributed by atoms with Crippen LogP contribution < -0.4 is 0 Å². The molecule has 0 aromatic heterocycles. The summed E-state index contributed by atoms with van der Waals surface area (Å²) < 4.78 is 10.7. The molecule has 0 amide bonds. The third kappa shape index (κ3) is 12.9. The maximum atomic E-state index is 11.8. The Morgan fingerprint density at radius 1 is 0.840 bits per heavy atom. The van der Waals surface area contributed by atoms with Crippen LogP contribution >= 0.6 is 0 Å².